The van der Waals surface area contributed by atoms with E-state index in [-0.39, 0.29) is 5.91 Å². The van der Waals surface area contributed by atoms with E-state index in [0.717, 1.165) is 11.1 Å². The first-order valence-corrected chi connectivity index (χ1v) is 6.23. The van der Waals surface area contributed by atoms with E-state index in [2.05, 4.69) is 10.3 Å². The molecule has 1 N–H and O–H groups in total. The van der Waals surface area contributed by atoms with Crippen molar-refractivity contribution in [3.63, 3.8) is 0 Å². The summed E-state index contributed by atoms with van der Waals surface area (Å²) in [5.41, 5.74) is 2.59. The summed E-state index contributed by atoms with van der Waals surface area (Å²) in [7, 11) is 1.58. The predicted octanol–water partition coefficient (Wildman–Crippen LogP) is 3.05. The number of amides is 1. The van der Waals surface area contributed by atoms with Crippen molar-refractivity contribution in [1.29, 1.82) is 0 Å². The number of rotatable bonds is 4. The Morgan fingerprint density at radius 2 is 2.20 bits per heavy atom. The van der Waals surface area contributed by atoms with Crippen molar-refractivity contribution in [2.75, 3.05) is 12.4 Å². The Morgan fingerprint density at radius 1 is 1.35 bits per heavy atom. The largest absolute Gasteiger partial charge is 0.495 e. The molecule has 0 aliphatic carbocycles. The Morgan fingerprint density at radius 3 is 2.90 bits per heavy atom. The lowest BCUT2D eigenvalue weighted by Crippen LogP contribution is -2.09. The molecular weight excluding hydrogens is 252 g/mol. The number of aromatic nitrogens is 1. The standard InChI is InChI=1S/C16H16N2O2/c1-12-5-7-15(20-2)14(10-12)18-16(19)8-6-13-4-3-9-17-11-13/h3-11H,1-2H3,(H,18,19)/b8-6+. The molecule has 0 aliphatic rings. The highest BCUT2D eigenvalue weighted by Crippen LogP contribution is 2.25. The number of pyridine rings is 1. The van der Waals surface area contributed by atoms with E-state index in [4.69, 9.17) is 4.74 Å². The van der Waals surface area contributed by atoms with Crippen LogP contribution in [0.1, 0.15) is 11.1 Å². The van der Waals surface area contributed by atoms with Crippen LogP contribution >= 0.6 is 0 Å². The Bertz CT molecular complexity index is 622. The quantitative estimate of drug-likeness (QED) is 0.867. The second-order valence-electron chi connectivity index (χ2n) is 4.31. The summed E-state index contributed by atoms with van der Waals surface area (Å²) in [5, 5.41) is 2.80. The molecule has 20 heavy (non-hydrogen) atoms. The van der Waals surface area contributed by atoms with Gasteiger partial charge in [-0.25, -0.2) is 0 Å². The number of aryl methyl sites for hydroxylation is 1. The van der Waals surface area contributed by atoms with E-state index in [9.17, 15) is 4.79 Å². The first kappa shape index (κ1) is 13.8. The zero-order valence-corrected chi connectivity index (χ0v) is 11.5. The molecule has 102 valence electrons. The monoisotopic (exact) mass is 268 g/mol. The molecule has 0 spiro atoms. The Labute approximate surface area is 118 Å². The summed E-state index contributed by atoms with van der Waals surface area (Å²) in [6.45, 7) is 1.96. The number of hydrogen-bond donors (Lipinski definition) is 1. The highest BCUT2D eigenvalue weighted by Gasteiger charge is 2.05. The zero-order chi connectivity index (χ0) is 14.4. The Kier molecular flexibility index (Phi) is 4.50. The van der Waals surface area contributed by atoms with Crippen LogP contribution in [0.4, 0.5) is 5.69 Å². The van der Waals surface area contributed by atoms with Gasteiger partial charge in [-0.15, -0.1) is 0 Å². The lowest BCUT2D eigenvalue weighted by Gasteiger charge is -2.09. The number of nitrogens with one attached hydrogen (secondary N) is 1. The molecule has 0 fully saturated rings. The molecule has 0 unspecified atom stereocenters. The van der Waals surface area contributed by atoms with E-state index < -0.39 is 0 Å². The SMILES string of the molecule is COc1ccc(C)cc1NC(=O)/C=C/c1cccnc1. The molecular formula is C16H16N2O2. The molecule has 1 amide bonds. The number of anilines is 1. The van der Waals surface area contributed by atoms with E-state index in [1.807, 2.05) is 37.3 Å². The number of hydrogen-bond acceptors (Lipinski definition) is 3. The van der Waals surface area contributed by atoms with Gasteiger partial charge in [0.1, 0.15) is 5.75 Å². The van der Waals surface area contributed by atoms with Crippen LogP contribution in [-0.4, -0.2) is 18.0 Å². The maximum absolute atomic E-state index is 11.9. The maximum atomic E-state index is 11.9. The van der Waals surface area contributed by atoms with Crippen molar-refractivity contribution < 1.29 is 9.53 Å². The highest BCUT2D eigenvalue weighted by atomic mass is 16.5. The van der Waals surface area contributed by atoms with Gasteiger partial charge in [-0.2, -0.15) is 0 Å². The average molecular weight is 268 g/mol. The van der Waals surface area contributed by atoms with E-state index >= 15 is 0 Å². The fraction of sp³-hybridized carbons (Fsp3) is 0.125. The third-order valence-corrected chi connectivity index (χ3v) is 2.72. The van der Waals surface area contributed by atoms with Gasteiger partial charge < -0.3 is 10.1 Å². The number of ether oxygens (including phenoxy) is 1. The molecule has 0 saturated carbocycles. The zero-order valence-electron chi connectivity index (χ0n) is 11.5. The minimum absolute atomic E-state index is 0.210. The van der Waals surface area contributed by atoms with Gasteiger partial charge >= 0.3 is 0 Å². The van der Waals surface area contributed by atoms with Gasteiger partial charge in [-0.3, -0.25) is 9.78 Å². The van der Waals surface area contributed by atoms with Gasteiger partial charge in [0.15, 0.2) is 0 Å². The molecule has 2 rings (SSSR count). The molecule has 1 aromatic heterocycles. The second-order valence-corrected chi connectivity index (χ2v) is 4.31. The molecule has 0 aliphatic heterocycles. The lowest BCUT2D eigenvalue weighted by atomic mass is 10.2. The summed E-state index contributed by atoms with van der Waals surface area (Å²) in [6.07, 6.45) is 6.56. The van der Waals surface area contributed by atoms with Crippen molar-refractivity contribution in [1.82, 2.24) is 4.98 Å². The van der Waals surface area contributed by atoms with Gasteiger partial charge in [0.25, 0.3) is 0 Å². The Balaban J connectivity index is 2.08. The van der Waals surface area contributed by atoms with Gasteiger partial charge in [-0.05, 0) is 42.3 Å². The van der Waals surface area contributed by atoms with Gasteiger partial charge in [0, 0.05) is 18.5 Å². The van der Waals surface area contributed by atoms with Crippen LogP contribution in [0.5, 0.6) is 5.75 Å². The van der Waals surface area contributed by atoms with Crippen molar-refractivity contribution in [2.45, 2.75) is 6.92 Å². The van der Waals surface area contributed by atoms with Crippen molar-refractivity contribution in [2.24, 2.45) is 0 Å². The predicted molar refractivity (Wildman–Crippen MR) is 79.6 cm³/mol. The summed E-state index contributed by atoms with van der Waals surface area (Å²) in [6, 6.07) is 9.33. The van der Waals surface area contributed by atoms with Crippen molar-refractivity contribution in [3.05, 3.63) is 59.9 Å². The normalized spacial score (nSPS) is 10.5. The smallest absolute Gasteiger partial charge is 0.248 e. The molecule has 0 atom stereocenters. The van der Waals surface area contributed by atoms with Crippen LogP contribution in [0.25, 0.3) is 6.08 Å². The number of carbonyl (C=O) groups excluding carboxylic acids is 1. The first-order valence-electron chi connectivity index (χ1n) is 6.23. The van der Waals surface area contributed by atoms with E-state index in [0.29, 0.717) is 11.4 Å². The fourth-order valence-electron chi connectivity index (χ4n) is 1.74. The third kappa shape index (κ3) is 3.68. The summed E-state index contributed by atoms with van der Waals surface area (Å²) < 4.78 is 5.22. The number of carbonyl (C=O) groups is 1. The average Bonchev–Trinajstić information content (AvgIpc) is 2.46. The second kappa shape index (κ2) is 6.52. The maximum Gasteiger partial charge on any atom is 0.248 e. The van der Waals surface area contributed by atoms with Crippen molar-refractivity contribution >= 4 is 17.7 Å². The number of methoxy groups -OCH3 is 1. The molecule has 0 radical (unpaired) electrons. The minimum Gasteiger partial charge on any atom is -0.495 e. The minimum atomic E-state index is -0.210. The summed E-state index contributed by atoms with van der Waals surface area (Å²) >= 11 is 0. The molecule has 1 aromatic carbocycles. The van der Waals surface area contributed by atoms with Crippen molar-refractivity contribution in [3.8, 4) is 5.75 Å². The fourth-order valence-corrected chi connectivity index (χ4v) is 1.74. The summed E-state index contributed by atoms with van der Waals surface area (Å²) in [5.74, 6) is 0.427. The Hall–Kier alpha value is -2.62. The van der Waals surface area contributed by atoms with E-state index in [1.165, 1.54) is 6.08 Å². The summed E-state index contributed by atoms with van der Waals surface area (Å²) in [4.78, 5) is 15.9. The topological polar surface area (TPSA) is 51.2 Å². The first-order chi connectivity index (χ1) is 9.69. The van der Waals surface area contributed by atoms with Crippen LogP contribution in [-0.2, 0) is 4.79 Å². The molecule has 1 heterocycles. The van der Waals surface area contributed by atoms with Crippen LogP contribution in [0.2, 0.25) is 0 Å². The molecule has 0 saturated heterocycles. The van der Waals surface area contributed by atoms with Gasteiger partial charge in [-0.1, -0.05) is 12.1 Å². The number of benzene rings is 1. The highest BCUT2D eigenvalue weighted by molar-refractivity contribution is 6.02. The molecule has 2 aromatic rings. The van der Waals surface area contributed by atoms with Crippen LogP contribution < -0.4 is 10.1 Å². The molecule has 4 nitrogen and oxygen atoms in total. The van der Waals surface area contributed by atoms with Crippen LogP contribution in [0.3, 0.4) is 0 Å². The lowest BCUT2D eigenvalue weighted by molar-refractivity contribution is -0.111. The third-order valence-electron chi connectivity index (χ3n) is 2.72. The molecule has 0 bridgehead atoms. The molecule has 4 heteroatoms. The van der Waals surface area contributed by atoms with Crippen LogP contribution in [0.15, 0.2) is 48.8 Å². The van der Waals surface area contributed by atoms with Crippen LogP contribution in [0, 0.1) is 6.92 Å². The number of nitrogens with zero attached hydrogens (tertiary/aromatic N) is 1. The van der Waals surface area contributed by atoms with Gasteiger partial charge in [0.2, 0.25) is 5.91 Å². The van der Waals surface area contributed by atoms with E-state index in [1.54, 1.807) is 25.6 Å². The van der Waals surface area contributed by atoms with Gasteiger partial charge in [0.05, 0.1) is 12.8 Å².